The van der Waals surface area contributed by atoms with Crippen molar-refractivity contribution in [1.29, 1.82) is 0 Å². The van der Waals surface area contributed by atoms with Crippen LogP contribution >= 0.6 is 23.2 Å². The molecule has 0 unspecified atom stereocenters. The summed E-state index contributed by atoms with van der Waals surface area (Å²) >= 11 is 12.2. The Hall–Kier alpha value is -0.850. The summed E-state index contributed by atoms with van der Waals surface area (Å²) in [6, 6.07) is 5.22. The van der Waals surface area contributed by atoms with Gasteiger partial charge >= 0.3 is 0 Å². The summed E-state index contributed by atoms with van der Waals surface area (Å²) in [5, 5.41) is 3.78. The maximum Gasteiger partial charge on any atom is 0.279 e. The summed E-state index contributed by atoms with van der Waals surface area (Å²) in [7, 11) is 0. The Morgan fingerprint density at radius 2 is 1.83 bits per heavy atom. The van der Waals surface area contributed by atoms with Crippen LogP contribution in [-0.2, 0) is 9.53 Å². The number of ether oxygens (including phenoxy) is 1. The second-order valence-corrected chi connectivity index (χ2v) is 7.48. The first kappa shape index (κ1) is 18.0. The predicted molar refractivity (Wildman–Crippen MR) is 95.2 cm³/mol. The number of piperazine rings is 1. The van der Waals surface area contributed by atoms with Crippen LogP contribution in [0.2, 0.25) is 10.0 Å². The van der Waals surface area contributed by atoms with Crippen molar-refractivity contribution in [2.24, 2.45) is 0 Å². The number of rotatable bonds is 5. The van der Waals surface area contributed by atoms with Gasteiger partial charge in [0.05, 0.1) is 15.7 Å². The van der Waals surface area contributed by atoms with E-state index in [4.69, 9.17) is 27.9 Å². The molecular weight excluding hydrogens is 349 g/mol. The second-order valence-electron chi connectivity index (χ2n) is 6.66. The van der Waals surface area contributed by atoms with Crippen molar-refractivity contribution < 1.29 is 19.3 Å². The van der Waals surface area contributed by atoms with E-state index < -0.39 is 0 Å². The second kappa shape index (κ2) is 8.50. The number of carbonyl (C=O) groups excluding carboxylic acids is 1. The number of halogens is 2. The van der Waals surface area contributed by atoms with E-state index in [0.717, 1.165) is 39.3 Å². The Morgan fingerprint density at radius 3 is 2.46 bits per heavy atom. The lowest BCUT2D eigenvalue weighted by Crippen LogP contribution is -3.28. The van der Waals surface area contributed by atoms with Crippen molar-refractivity contribution in [3.05, 3.63) is 28.2 Å². The van der Waals surface area contributed by atoms with E-state index in [1.807, 2.05) is 0 Å². The van der Waals surface area contributed by atoms with Crippen LogP contribution in [0, 0.1) is 0 Å². The molecule has 2 aliphatic rings. The summed E-state index contributed by atoms with van der Waals surface area (Å²) < 4.78 is 5.72. The normalized spacial score (nSPS) is 27.2. The molecule has 2 fully saturated rings. The van der Waals surface area contributed by atoms with Crippen LogP contribution in [-0.4, -0.2) is 57.9 Å². The Morgan fingerprint density at radius 1 is 1.17 bits per heavy atom. The molecule has 0 spiro atoms. The highest BCUT2D eigenvalue weighted by molar-refractivity contribution is 6.39. The highest BCUT2D eigenvalue weighted by Gasteiger charge is 2.28. The topological polar surface area (TPSA) is 47.2 Å². The first-order chi connectivity index (χ1) is 11.6. The summed E-state index contributed by atoms with van der Waals surface area (Å²) in [4.78, 5) is 15.2. The van der Waals surface area contributed by atoms with E-state index in [1.165, 1.54) is 17.7 Å². The van der Waals surface area contributed by atoms with E-state index in [2.05, 4.69) is 5.32 Å². The maximum absolute atomic E-state index is 12.3. The highest BCUT2D eigenvalue weighted by atomic mass is 35.5. The summed E-state index contributed by atoms with van der Waals surface area (Å²) in [5.74, 6) is -0.0393. The number of benzene rings is 1. The van der Waals surface area contributed by atoms with Crippen molar-refractivity contribution >= 4 is 34.8 Å². The van der Waals surface area contributed by atoms with Gasteiger partial charge < -0.3 is 19.9 Å². The zero-order valence-electron chi connectivity index (χ0n) is 13.7. The third-order valence-electron chi connectivity index (χ3n) is 4.84. The van der Waals surface area contributed by atoms with E-state index in [9.17, 15) is 4.79 Å². The minimum Gasteiger partial charge on any atom is -0.372 e. The van der Waals surface area contributed by atoms with Gasteiger partial charge in [-0.2, -0.15) is 0 Å². The fourth-order valence-corrected chi connectivity index (χ4v) is 3.99. The van der Waals surface area contributed by atoms with E-state index in [-0.39, 0.29) is 5.91 Å². The van der Waals surface area contributed by atoms with Gasteiger partial charge in [0.1, 0.15) is 38.8 Å². The van der Waals surface area contributed by atoms with Crippen LogP contribution < -0.4 is 15.1 Å². The van der Waals surface area contributed by atoms with Gasteiger partial charge in [0.15, 0.2) is 6.54 Å². The maximum atomic E-state index is 12.3. The van der Waals surface area contributed by atoms with Crippen molar-refractivity contribution in [1.82, 2.24) is 0 Å². The molecule has 132 valence electrons. The lowest BCUT2D eigenvalue weighted by atomic mass is 10.2. The fourth-order valence-electron chi connectivity index (χ4n) is 3.49. The van der Waals surface area contributed by atoms with Gasteiger partial charge in [-0.1, -0.05) is 29.3 Å². The van der Waals surface area contributed by atoms with Crippen molar-refractivity contribution in [3.63, 3.8) is 0 Å². The van der Waals surface area contributed by atoms with Crippen molar-refractivity contribution in [3.8, 4) is 0 Å². The van der Waals surface area contributed by atoms with Gasteiger partial charge in [-0.15, -0.1) is 0 Å². The number of hydrogen-bond acceptors (Lipinski definition) is 2. The molecule has 7 heteroatoms. The first-order valence-corrected chi connectivity index (χ1v) is 9.40. The smallest absolute Gasteiger partial charge is 0.279 e. The Labute approximate surface area is 152 Å². The molecule has 0 aromatic heterocycles. The molecule has 5 nitrogen and oxygen atoms in total. The van der Waals surface area contributed by atoms with Gasteiger partial charge in [0, 0.05) is 6.61 Å². The van der Waals surface area contributed by atoms with Crippen LogP contribution in [0.1, 0.15) is 12.8 Å². The number of hydrogen-bond donors (Lipinski definition) is 3. The Kier molecular flexibility index (Phi) is 6.36. The van der Waals surface area contributed by atoms with Crippen LogP contribution in [0.3, 0.4) is 0 Å². The quantitative estimate of drug-likeness (QED) is 0.674. The number of anilines is 1. The Bertz CT molecular complexity index is 551. The lowest BCUT2D eigenvalue weighted by Gasteiger charge is -2.30. The largest absolute Gasteiger partial charge is 0.372 e. The Balaban J connectivity index is 1.43. The number of carbonyl (C=O) groups is 1. The van der Waals surface area contributed by atoms with E-state index in [0.29, 0.717) is 28.4 Å². The van der Waals surface area contributed by atoms with Crippen LogP contribution in [0.5, 0.6) is 0 Å². The molecule has 1 aromatic carbocycles. The molecule has 0 saturated carbocycles. The van der Waals surface area contributed by atoms with Crippen molar-refractivity contribution in [2.75, 3.05) is 51.2 Å². The average Bonchev–Trinajstić information content (AvgIpc) is 3.06. The molecule has 3 rings (SSSR count). The standard InChI is InChI=1S/C17H23Cl2N3O2/c18-14-4-1-5-15(19)17(14)20-16(23)12-22-8-6-21(7-9-22)11-13-3-2-10-24-13/h1,4-5,13H,2-3,6-12H2,(H,20,23)/p+2/t13-/m1/s1. The first-order valence-electron chi connectivity index (χ1n) is 8.64. The molecule has 0 aliphatic carbocycles. The minimum atomic E-state index is -0.0393. The van der Waals surface area contributed by atoms with Crippen LogP contribution in [0.4, 0.5) is 5.69 Å². The van der Waals surface area contributed by atoms with E-state index in [1.54, 1.807) is 23.1 Å². The van der Waals surface area contributed by atoms with Crippen LogP contribution in [0.25, 0.3) is 0 Å². The SMILES string of the molecule is O=C(C[NH+]1CC[NH+](C[C@H]2CCCO2)CC1)Nc1c(Cl)cccc1Cl. The van der Waals surface area contributed by atoms with Crippen LogP contribution in [0.15, 0.2) is 18.2 Å². The number of para-hydroxylation sites is 1. The summed E-state index contributed by atoms with van der Waals surface area (Å²) in [6.45, 7) is 6.67. The number of quaternary nitrogens is 2. The molecule has 3 N–H and O–H groups in total. The molecule has 2 aliphatic heterocycles. The molecular formula is C17H25Cl2N3O2+2. The molecule has 2 saturated heterocycles. The number of nitrogens with one attached hydrogen (secondary N) is 3. The molecule has 2 heterocycles. The van der Waals surface area contributed by atoms with E-state index >= 15 is 0 Å². The summed E-state index contributed by atoms with van der Waals surface area (Å²) in [5.41, 5.74) is 0.507. The third-order valence-corrected chi connectivity index (χ3v) is 5.47. The van der Waals surface area contributed by atoms with Gasteiger partial charge in [0.25, 0.3) is 5.91 Å². The average molecular weight is 374 g/mol. The van der Waals surface area contributed by atoms with Gasteiger partial charge in [-0.05, 0) is 25.0 Å². The molecule has 1 aromatic rings. The predicted octanol–water partition coefficient (Wildman–Crippen LogP) is -0.106. The zero-order valence-corrected chi connectivity index (χ0v) is 15.3. The zero-order chi connectivity index (χ0) is 16.9. The van der Waals surface area contributed by atoms with Gasteiger partial charge in [-0.3, -0.25) is 4.79 Å². The minimum absolute atomic E-state index is 0.0393. The molecule has 0 radical (unpaired) electrons. The monoisotopic (exact) mass is 373 g/mol. The fraction of sp³-hybridized carbons (Fsp3) is 0.588. The van der Waals surface area contributed by atoms with Gasteiger partial charge in [-0.25, -0.2) is 0 Å². The summed E-state index contributed by atoms with van der Waals surface area (Å²) in [6.07, 6.45) is 2.83. The van der Waals surface area contributed by atoms with Gasteiger partial charge in [0.2, 0.25) is 0 Å². The highest BCUT2D eigenvalue weighted by Crippen LogP contribution is 2.29. The number of amides is 1. The van der Waals surface area contributed by atoms with Crippen molar-refractivity contribution in [2.45, 2.75) is 18.9 Å². The molecule has 24 heavy (non-hydrogen) atoms. The molecule has 0 bridgehead atoms. The molecule has 1 amide bonds. The lowest BCUT2D eigenvalue weighted by molar-refractivity contribution is -1.01. The third kappa shape index (κ3) is 4.83. The molecule has 1 atom stereocenters.